The van der Waals surface area contributed by atoms with Crippen molar-refractivity contribution in [2.75, 3.05) is 33.3 Å². The van der Waals surface area contributed by atoms with E-state index in [1.54, 1.807) is 7.11 Å². The summed E-state index contributed by atoms with van der Waals surface area (Å²) in [4.78, 5) is 5.57. The van der Waals surface area contributed by atoms with Crippen LogP contribution in [0.3, 0.4) is 0 Å². The van der Waals surface area contributed by atoms with Crippen molar-refractivity contribution in [1.29, 1.82) is 0 Å². The van der Waals surface area contributed by atoms with Gasteiger partial charge >= 0.3 is 0 Å². The Labute approximate surface area is 214 Å². The normalized spacial score (nSPS) is 14.2. The zero-order valence-electron chi connectivity index (χ0n) is 18.5. The Morgan fingerprint density at radius 1 is 0.970 bits per heavy atom. The summed E-state index contributed by atoms with van der Waals surface area (Å²) in [5.41, 5.74) is 3.32. The lowest BCUT2D eigenvalue weighted by Gasteiger charge is -2.36. The third-order valence-electron chi connectivity index (χ3n) is 5.68. The minimum Gasteiger partial charge on any atom is -0.493 e. The second-order valence-electron chi connectivity index (χ2n) is 7.96. The zero-order chi connectivity index (χ0) is 23.2. The number of piperazine rings is 1. The maximum atomic E-state index is 6.06. The fourth-order valence-electron chi connectivity index (χ4n) is 3.85. The molecule has 1 heterocycles. The SMILES string of the molecule is COc1cc(C(=S)N2CCN(Cc3ccccc3)CC2)cc(Br)c1OCc1ccc(Cl)cc1. The topological polar surface area (TPSA) is 24.9 Å². The molecule has 1 fully saturated rings. The molecule has 1 saturated heterocycles. The van der Waals surface area contributed by atoms with Crippen molar-refractivity contribution in [2.24, 2.45) is 0 Å². The molecule has 0 bridgehead atoms. The first kappa shape index (κ1) is 24.0. The Bertz CT molecular complexity index is 1090. The van der Waals surface area contributed by atoms with Crippen LogP contribution >= 0.6 is 39.7 Å². The number of halogens is 2. The molecule has 3 aromatic rings. The van der Waals surface area contributed by atoms with Gasteiger partial charge in [0.05, 0.1) is 11.6 Å². The quantitative estimate of drug-likeness (QED) is 0.330. The van der Waals surface area contributed by atoms with E-state index in [2.05, 4.69) is 56.1 Å². The Morgan fingerprint density at radius 2 is 1.67 bits per heavy atom. The molecule has 0 spiro atoms. The predicted octanol–water partition coefficient (Wildman–Crippen LogP) is 6.18. The van der Waals surface area contributed by atoms with Gasteiger partial charge in [0.15, 0.2) is 11.5 Å². The molecule has 0 unspecified atom stereocenters. The monoisotopic (exact) mass is 544 g/mol. The Hall–Kier alpha value is -2.12. The molecule has 3 aromatic carbocycles. The Morgan fingerprint density at radius 3 is 2.33 bits per heavy atom. The van der Waals surface area contributed by atoms with Crippen LogP contribution < -0.4 is 9.47 Å². The van der Waals surface area contributed by atoms with E-state index in [1.165, 1.54) is 5.56 Å². The lowest BCUT2D eigenvalue weighted by Crippen LogP contribution is -2.48. The van der Waals surface area contributed by atoms with E-state index < -0.39 is 0 Å². The summed E-state index contributed by atoms with van der Waals surface area (Å²) in [5, 5.41) is 0.705. The van der Waals surface area contributed by atoms with Gasteiger partial charge in [-0.15, -0.1) is 0 Å². The minimum atomic E-state index is 0.416. The lowest BCUT2D eigenvalue weighted by atomic mass is 10.1. The summed E-state index contributed by atoms with van der Waals surface area (Å²) in [6.45, 7) is 5.16. The number of methoxy groups -OCH3 is 1. The van der Waals surface area contributed by atoms with Crippen molar-refractivity contribution in [3.05, 3.63) is 92.9 Å². The molecule has 0 amide bonds. The fourth-order valence-corrected chi connectivity index (χ4v) is 4.84. The number of nitrogens with zero attached hydrogens (tertiary/aromatic N) is 2. The van der Waals surface area contributed by atoms with Crippen LogP contribution in [-0.4, -0.2) is 48.1 Å². The van der Waals surface area contributed by atoms with Crippen molar-refractivity contribution in [3.8, 4) is 11.5 Å². The molecule has 4 nitrogen and oxygen atoms in total. The maximum Gasteiger partial charge on any atom is 0.175 e. The molecule has 4 rings (SSSR count). The molecule has 0 aromatic heterocycles. The first-order chi connectivity index (χ1) is 16.0. The second kappa shape index (κ2) is 11.3. The van der Waals surface area contributed by atoms with Crippen molar-refractivity contribution in [2.45, 2.75) is 13.2 Å². The molecule has 33 heavy (non-hydrogen) atoms. The largest absolute Gasteiger partial charge is 0.493 e. The van der Waals surface area contributed by atoms with Crippen molar-refractivity contribution in [1.82, 2.24) is 9.80 Å². The molecule has 1 aliphatic heterocycles. The second-order valence-corrected chi connectivity index (χ2v) is 9.64. The highest BCUT2D eigenvalue weighted by Crippen LogP contribution is 2.37. The molecule has 172 valence electrons. The van der Waals surface area contributed by atoms with Gasteiger partial charge in [0.25, 0.3) is 0 Å². The fraction of sp³-hybridized carbons (Fsp3) is 0.269. The third kappa shape index (κ3) is 6.27. The van der Waals surface area contributed by atoms with Crippen LogP contribution in [0.5, 0.6) is 11.5 Å². The zero-order valence-corrected chi connectivity index (χ0v) is 21.6. The predicted molar refractivity (Wildman–Crippen MR) is 141 cm³/mol. The first-order valence-electron chi connectivity index (χ1n) is 10.8. The van der Waals surface area contributed by atoms with Crippen LogP contribution in [-0.2, 0) is 13.2 Å². The molecule has 0 radical (unpaired) electrons. The van der Waals surface area contributed by atoms with E-state index in [9.17, 15) is 0 Å². The van der Waals surface area contributed by atoms with Gasteiger partial charge in [0.1, 0.15) is 11.6 Å². The number of ether oxygens (including phenoxy) is 2. The number of benzene rings is 3. The molecule has 0 atom stereocenters. The smallest absolute Gasteiger partial charge is 0.175 e. The van der Waals surface area contributed by atoms with Gasteiger partial charge in [-0.25, -0.2) is 0 Å². The number of thiocarbonyl (C=S) groups is 1. The van der Waals surface area contributed by atoms with Crippen molar-refractivity contribution in [3.63, 3.8) is 0 Å². The summed E-state index contributed by atoms with van der Waals surface area (Å²) < 4.78 is 12.5. The van der Waals surface area contributed by atoms with E-state index in [0.29, 0.717) is 23.1 Å². The molecule has 7 heteroatoms. The van der Waals surface area contributed by atoms with E-state index >= 15 is 0 Å². The number of rotatable bonds is 7. The standard InChI is InChI=1S/C26H26BrClN2O2S/c1-31-24-16-21(15-23(27)25(24)32-18-20-7-9-22(28)10-8-20)26(33)30-13-11-29(12-14-30)17-19-5-3-2-4-6-19/h2-10,15-16H,11-14,17-18H2,1H3. The summed E-state index contributed by atoms with van der Waals surface area (Å²) >= 11 is 15.5. The highest BCUT2D eigenvalue weighted by molar-refractivity contribution is 9.10. The highest BCUT2D eigenvalue weighted by atomic mass is 79.9. The van der Waals surface area contributed by atoms with E-state index in [-0.39, 0.29) is 0 Å². The maximum absolute atomic E-state index is 6.06. The average Bonchev–Trinajstić information content (AvgIpc) is 2.84. The summed E-state index contributed by atoms with van der Waals surface area (Å²) in [5.74, 6) is 1.31. The van der Waals surface area contributed by atoms with Crippen LogP contribution in [0, 0.1) is 0 Å². The number of hydrogen-bond acceptors (Lipinski definition) is 4. The first-order valence-corrected chi connectivity index (χ1v) is 12.4. The highest BCUT2D eigenvalue weighted by Gasteiger charge is 2.22. The summed E-state index contributed by atoms with van der Waals surface area (Å²) in [6.07, 6.45) is 0. The van der Waals surface area contributed by atoms with Gasteiger partial charge in [0.2, 0.25) is 0 Å². The van der Waals surface area contributed by atoms with Gasteiger partial charge < -0.3 is 14.4 Å². The van der Waals surface area contributed by atoms with Crippen LogP contribution in [0.2, 0.25) is 5.02 Å². The van der Waals surface area contributed by atoms with E-state index in [4.69, 9.17) is 33.3 Å². The lowest BCUT2D eigenvalue weighted by molar-refractivity contribution is 0.177. The molecule has 1 aliphatic rings. The van der Waals surface area contributed by atoms with Gasteiger partial charge in [-0.3, -0.25) is 4.90 Å². The van der Waals surface area contributed by atoms with E-state index in [0.717, 1.165) is 53.3 Å². The van der Waals surface area contributed by atoms with Crippen LogP contribution in [0.1, 0.15) is 16.7 Å². The molecule has 0 aliphatic carbocycles. The average molecular weight is 546 g/mol. The van der Waals surface area contributed by atoms with Crippen LogP contribution in [0.4, 0.5) is 0 Å². The summed E-state index contributed by atoms with van der Waals surface area (Å²) in [6, 6.07) is 22.2. The third-order valence-corrected chi connectivity index (χ3v) is 7.02. The van der Waals surface area contributed by atoms with Crippen molar-refractivity contribution < 1.29 is 9.47 Å². The van der Waals surface area contributed by atoms with Gasteiger partial charge in [-0.05, 0) is 51.3 Å². The van der Waals surface area contributed by atoms with Gasteiger partial charge in [-0.1, -0.05) is 66.3 Å². The molecule has 0 N–H and O–H groups in total. The van der Waals surface area contributed by atoms with Gasteiger partial charge in [-0.2, -0.15) is 0 Å². The molecule has 0 saturated carbocycles. The van der Waals surface area contributed by atoms with Gasteiger partial charge in [0, 0.05) is 43.3 Å². The number of hydrogen-bond donors (Lipinski definition) is 0. The minimum absolute atomic E-state index is 0.416. The molecular weight excluding hydrogens is 520 g/mol. The molecular formula is C26H26BrClN2O2S. The van der Waals surface area contributed by atoms with Crippen LogP contribution in [0.15, 0.2) is 71.2 Å². The summed E-state index contributed by atoms with van der Waals surface area (Å²) in [7, 11) is 1.64. The van der Waals surface area contributed by atoms with Crippen molar-refractivity contribution >= 4 is 44.7 Å². The van der Waals surface area contributed by atoms with Crippen LogP contribution in [0.25, 0.3) is 0 Å². The Balaban J connectivity index is 1.39. The van der Waals surface area contributed by atoms with E-state index in [1.807, 2.05) is 36.4 Å². The Kier molecular flexibility index (Phi) is 8.25.